The topological polar surface area (TPSA) is 108 Å². The highest BCUT2D eigenvalue weighted by atomic mass is 16.4. The molecule has 150 valence electrons. The molecule has 7 heteroatoms. The largest absolute Gasteiger partial charge is 0.478 e. The van der Waals surface area contributed by atoms with Gasteiger partial charge in [0.25, 0.3) is 5.91 Å². The summed E-state index contributed by atoms with van der Waals surface area (Å²) in [7, 11) is 0. The summed E-state index contributed by atoms with van der Waals surface area (Å²) in [6.07, 6.45) is 4.05. The third-order valence-corrected chi connectivity index (χ3v) is 4.11. The number of benzene rings is 2. The number of carboxylic acids is 1. The standard InChI is InChI=1S/C23H19N3O4/c1-15-4-2-7-19(12-15)25-22(28)17-6-3-5-16(13-17)8-11-21(27)26-20-10-9-18(14-24-20)23(29)30/h2-14H,1H3,(H,25,28)(H,29,30)(H,24,26,27)/b11-8+. The van der Waals surface area contributed by atoms with Gasteiger partial charge in [-0.05, 0) is 60.5 Å². The molecule has 0 unspecified atom stereocenters. The van der Waals surface area contributed by atoms with E-state index in [0.717, 1.165) is 11.8 Å². The fourth-order valence-corrected chi connectivity index (χ4v) is 2.64. The van der Waals surface area contributed by atoms with Crippen LogP contribution in [0.3, 0.4) is 0 Å². The molecular weight excluding hydrogens is 382 g/mol. The summed E-state index contributed by atoms with van der Waals surface area (Å²) in [5.41, 5.74) is 2.93. The molecule has 0 atom stereocenters. The van der Waals surface area contributed by atoms with Gasteiger partial charge < -0.3 is 15.7 Å². The van der Waals surface area contributed by atoms with Crippen molar-refractivity contribution in [2.45, 2.75) is 6.92 Å². The van der Waals surface area contributed by atoms with Crippen LogP contribution < -0.4 is 10.6 Å². The minimum absolute atomic E-state index is 0.0318. The van der Waals surface area contributed by atoms with E-state index in [1.54, 1.807) is 30.3 Å². The number of hydrogen-bond acceptors (Lipinski definition) is 4. The van der Waals surface area contributed by atoms with Gasteiger partial charge in [0.1, 0.15) is 5.82 Å². The van der Waals surface area contributed by atoms with Crippen LogP contribution in [-0.2, 0) is 4.79 Å². The second-order valence-electron chi connectivity index (χ2n) is 6.51. The first-order valence-corrected chi connectivity index (χ1v) is 9.07. The average molecular weight is 401 g/mol. The number of hydrogen-bond donors (Lipinski definition) is 3. The number of nitrogens with zero attached hydrogens (tertiary/aromatic N) is 1. The number of pyridine rings is 1. The first-order chi connectivity index (χ1) is 14.4. The smallest absolute Gasteiger partial charge is 0.337 e. The molecule has 0 bridgehead atoms. The summed E-state index contributed by atoms with van der Waals surface area (Å²) < 4.78 is 0. The van der Waals surface area contributed by atoms with E-state index in [-0.39, 0.29) is 17.3 Å². The predicted octanol–water partition coefficient (Wildman–Crippen LogP) is 3.99. The number of amides is 2. The van der Waals surface area contributed by atoms with Crippen molar-refractivity contribution in [3.8, 4) is 0 Å². The Labute approximate surface area is 173 Å². The maximum absolute atomic E-state index is 12.5. The molecule has 0 saturated heterocycles. The van der Waals surface area contributed by atoms with Crippen molar-refractivity contribution >= 4 is 35.4 Å². The van der Waals surface area contributed by atoms with Gasteiger partial charge in [0.15, 0.2) is 0 Å². The van der Waals surface area contributed by atoms with E-state index in [9.17, 15) is 14.4 Å². The van der Waals surface area contributed by atoms with Crippen LogP contribution >= 0.6 is 0 Å². The molecule has 0 spiro atoms. The lowest BCUT2D eigenvalue weighted by molar-refractivity contribution is -0.111. The molecule has 3 N–H and O–H groups in total. The van der Waals surface area contributed by atoms with Gasteiger partial charge >= 0.3 is 5.97 Å². The van der Waals surface area contributed by atoms with Crippen LogP contribution in [0, 0.1) is 6.92 Å². The molecule has 0 radical (unpaired) electrons. The summed E-state index contributed by atoms with van der Waals surface area (Å²) in [5.74, 6) is -1.53. The van der Waals surface area contributed by atoms with Crippen LogP contribution in [0.5, 0.6) is 0 Å². The molecule has 3 aromatic rings. The maximum Gasteiger partial charge on any atom is 0.337 e. The first-order valence-electron chi connectivity index (χ1n) is 9.07. The number of aromatic carboxylic acids is 1. The van der Waals surface area contributed by atoms with E-state index in [0.29, 0.717) is 16.8 Å². The molecule has 7 nitrogen and oxygen atoms in total. The van der Waals surface area contributed by atoms with Crippen molar-refractivity contribution < 1.29 is 19.5 Å². The van der Waals surface area contributed by atoms with Gasteiger partial charge in [-0.15, -0.1) is 0 Å². The molecule has 1 aromatic heterocycles. The average Bonchev–Trinajstić information content (AvgIpc) is 2.73. The molecule has 0 fully saturated rings. The molecule has 30 heavy (non-hydrogen) atoms. The Morgan fingerprint density at radius 1 is 0.933 bits per heavy atom. The van der Waals surface area contributed by atoms with Crippen molar-refractivity contribution in [3.63, 3.8) is 0 Å². The van der Waals surface area contributed by atoms with Crippen LogP contribution in [0.25, 0.3) is 6.08 Å². The third-order valence-electron chi connectivity index (χ3n) is 4.11. The lowest BCUT2D eigenvalue weighted by Crippen LogP contribution is -2.12. The highest BCUT2D eigenvalue weighted by molar-refractivity contribution is 6.05. The Balaban J connectivity index is 1.63. The Bertz CT molecular complexity index is 1120. The molecule has 3 rings (SSSR count). The molecule has 2 aromatic carbocycles. The SMILES string of the molecule is Cc1cccc(NC(=O)c2cccc(/C=C/C(=O)Nc3ccc(C(=O)O)cn3)c2)c1. The summed E-state index contributed by atoms with van der Waals surface area (Å²) in [6, 6.07) is 17.1. The third kappa shape index (κ3) is 5.62. The van der Waals surface area contributed by atoms with Crippen molar-refractivity contribution in [2.75, 3.05) is 10.6 Å². The zero-order valence-corrected chi connectivity index (χ0v) is 16.1. The highest BCUT2D eigenvalue weighted by Gasteiger charge is 2.07. The Hall–Kier alpha value is -4.26. The van der Waals surface area contributed by atoms with Crippen molar-refractivity contribution in [3.05, 3.63) is 95.2 Å². The van der Waals surface area contributed by atoms with Gasteiger partial charge in [-0.1, -0.05) is 24.3 Å². The monoisotopic (exact) mass is 401 g/mol. The van der Waals surface area contributed by atoms with E-state index < -0.39 is 11.9 Å². The van der Waals surface area contributed by atoms with E-state index in [2.05, 4.69) is 15.6 Å². The number of anilines is 2. The summed E-state index contributed by atoms with van der Waals surface area (Å²) in [5, 5.41) is 14.2. The summed E-state index contributed by atoms with van der Waals surface area (Å²) in [4.78, 5) is 39.2. The minimum Gasteiger partial charge on any atom is -0.478 e. The quantitative estimate of drug-likeness (QED) is 0.541. The molecule has 0 aliphatic rings. The fourth-order valence-electron chi connectivity index (χ4n) is 2.64. The number of aryl methyl sites for hydroxylation is 1. The van der Waals surface area contributed by atoms with Crippen LogP contribution in [0.2, 0.25) is 0 Å². The van der Waals surface area contributed by atoms with Gasteiger partial charge in [-0.3, -0.25) is 9.59 Å². The van der Waals surface area contributed by atoms with Crippen molar-refractivity contribution in [1.29, 1.82) is 0 Å². The van der Waals surface area contributed by atoms with Gasteiger partial charge in [0, 0.05) is 23.5 Å². The van der Waals surface area contributed by atoms with Gasteiger partial charge in [-0.2, -0.15) is 0 Å². The Morgan fingerprint density at radius 2 is 1.73 bits per heavy atom. The number of aromatic nitrogens is 1. The minimum atomic E-state index is -1.09. The second kappa shape index (κ2) is 9.29. The Morgan fingerprint density at radius 3 is 2.43 bits per heavy atom. The second-order valence-corrected chi connectivity index (χ2v) is 6.51. The number of rotatable bonds is 6. The van der Waals surface area contributed by atoms with Gasteiger partial charge in [-0.25, -0.2) is 9.78 Å². The highest BCUT2D eigenvalue weighted by Crippen LogP contribution is 2.13. The first kappa shape index (κ1) is 20.5. The fraction of sp³-hybridized carbons (Fsp3) is 0.0435. The molecular formula is C23H19N3O4. The Kier molecular flexibility index (Phi) is 6.34. The maximum atomic E-state index is 12.5. The van der Waals surface area contributed by atoms with Gasteiger partial charge in [0.2, 0.25) is 5.91 Å². The number of nitrogens with one attached hydrogen (secondary N) is 2. The number of carbonyl (C=O) groups excluding carboxylic acids is 2. The van der Waals surface area contributed by atoms with E-state index in [1.807, 2.05) is 31.2 Å². The summed E-state index contributed by atoms with van der Waals surface area (Å²) >= 11 is 0. The number of carbonyl (C=O) groups is 3. The van der Waals surface area contributed by atoms with Crippen LogP contribution in [0.4, 0.5) is 11.5 Å². The molecule has 1 heterocycles. The predicted molar refractivity (Wildman–Crippen MR) is 114 cm³/mol. The number of carboxylic acid groups (broad SMARTS) is 1. The zero-order chi connectivity index (χ0) is 21.5. The lowest BCUT2D eigenvalue weighted by atomic mass is 10.1. The van der Waals surface area contributed by atoms with E-state index in [1.165, 1.54) is 18.2 Å². The molecule has 0 aliphatic carbocycles. The molecule has 0 saturated carbocycles. The van der Waals surface area contributed by atoms with Crippen LogP contribution in [-0.4, -0.2) is 27.9 Å². The van der Waals surface area contributed by atoms with Crippen LogP contribution in [0.15, 0.2) is 72.9 Å². The van der Waals surface area contributed by atoms with Gasteiger partial charge in [0.05, 0.1) is 5.56 Å². The van der Waals surface area contributed by atoms with E-state index in [4.69, 9.17) is 5.11 Å². The zero-order valence-electron chi connectivity index (χ0n) is 16.1. The lowest BCUT2D eigenvalue weighted by Gasteiger charge is -2.06. The molecule has 2 amide bonds. The van der Waals surface area contributed by atoms with Crippen molar-refractivity contribution in [2.24, 2.45) is 0 Å². The summed E-state index contributed by atoms with van der Waals surface area (Å²) in [6.45, 7) is 1.95. The molecule has 0 aliphatic heterocycles. The normalized spacial score (nSPS) is 10.6. The van der Waals surface area contributed by atoms with Crippen LogP contribution in [0.1, 0.15) is 31.8 Å². The van der Waals surface area contributed by atoms with Crippen molar-refractivity contribution in [1.82, 2.24) is 4.98 Å². The van der Waals surface area contributed by atoms with E-state index >= 15 is 0 Å².